The molecule has 1 aromatic rings. The third-order valence-corrected chi connectivity index (χ3v) is 4.31. The standard InChI is InChI=1S/C17H26F2N4/c1-3-15(23-8-4-5-9-23)12-22-17(20-2)21-11-13-10-14(18)6-7-16(13)19/h6-7,10,15H,3-5,8-9,11-12H2,1-2H3,(H2,20,21,22). The van der Waals surface area contributed by atoms with Gasteiger partial charge in [-0.1, -0.05) is 6.92 Å². The second-order valence-electron chi connectivity index (χ2n) is 5.85. The van der Waals surface area contributed by atoms with Gasteiger partial charge in [0.1, 0.15) is 11.6 Å². The van der Waals surface area contributed by atoms with Crippen molar-refractivity contribution < 1.29 is 8.78 Å². The molecule has 2 N–H and O–H groups in total. The third kappa shape index (κ3) is 5.16. The molecule has 0 aromatic heterocycles. The molecule has 1 atom stereocenters. The van der Waals surface area contributed by atoms with E-state index in [0.717, 1.165) is 38.2 Å². The molecule has 1 heterocycles. The normalized spacial score (nSPS) is 17.3. The number of nitrogens with one attached hydrogen (secondary N) is 2. The first-order valence-corrected chi connectivity index (χ1v) is 8.26. The van der Waals surface area contributed by atoms with Crippen molar-refractivity contribution in [3.05, 3.63) is 35.4 Å². The van der Waals surface area contributed by atoms with Crippen LogP contribution in [0.1, 0.15) is 31.7 Å². The van der Waals surface area contributed by atoms with Crippen molar-refractivity contribution >= 4 is 5.96 Å². The number of benzene rings is 1. The Kier molecular flexibility index (Phi) is 6.77. The molecule has 1 aliphatic heterocycles. The Labute approximate surface area is 137 Å². The van der Waals surface area contributed by atoms with E-state index >= 15 is 0 Å². The molecule has 1 saturated heterocycles. The van der Waals surface area contributed by atoms with Crippen molar-refractivity contribution in [2.45, 2.75) is 38.8 Å². The van der Waals surface area contributed by atoms with Crippen LogP contribution in [0.2, 0.25) is 0 Å². The first-order valence-electron chi connectivity index (χ1n) is 8.26. The van der Waals surface area contributed by atoms with Crippen LogP contribution in [0.15, 0.2) is 23.2 Å². The molecule has 4 nitrogen and oxygen atoms in total. The maximum Gasteiger partial charge on any atom is 0.191 e. The Hall–Kier alpha value is -1.69. The molecule has 23 heavy (non-hydrogen) atoms. The van der Waals surface area contributed by atoms with Gasteiger partial charge in [-0.2, -0.15) is 0 Å². The molecule has 0 saturated carbocycles. The smallest absolute Gasteiger partial charge is 0.191 e. The number of hydrogen-bond donors (Lipinski definition) is 2. The minimum atomic E-state index is -0.439. The summed E-state index contributed by atoms with van der Waals surface area (Å²) >= 11 is 0. The van der Waals surface area contributed by atoms with Crippen LogP contribution in [0.4, 0.5) is 8.78 Å². The van der Waals surface area contributed by atoms with E-state index in [-0.39, 0.29) is 6.54 Å². The van der Waals surface area contributed by atoms with Crippen molar-refractivity contribution in [2.24, 2.45) is 4.99 Å². The summed E-state index contributed by atoms with van der Waals surface area (Å²) in [6.07, 6.45) is 3.60. The molecule has 1 aliphatic rings. The number of aliphatic imine (C=N–C) groups is 1. The lowest BCUT2D eigenvalue weighted by Gasteiger charge is -2.27. The number of nitrogens with zero attached hydrogens (tertiary/aromatic N) is 2. The Morgan fingerprint density at radius 3 is 2.65 bits per heavy atom. The molecular weight excluding hydrogens is 298 g/mol. The Morgan fingerprint density at radius 1 is 1.26 bits per heavy atom. The number of rotatable bonds is 6. The maximum atomic E-state index is 13.6. The van der Waals surface area contributed by atoms with E-state index in [1.807, 2.05) is 0 Å². The van der Waals surface area contributed by atoms with Gasteiger partial charge in [0, 0.05) is 31.7 Å². The highest BCUT2D eigenvalue weighted by Gasteiger charge is 2.20. The van der Waals surface area contributed by atoms with Gasteiger partial charge < -0.3 is 10.6 Å². The highest BCUT2D eigenvalue weighted by Crippen LogP contribution is 2.13. The van der Waals surface area contributed by atoms with Gasteiger partial charge in [-0.15, -0.1) is 0 Å². The summed E-state index contributed by atoms with van der Waals surface area (Å²) in [6.45, 7) is 5.48. The molecule has 6 heteroatoms. The first-order chi connectivity index (χ1) is 11.1. The first kappa shape index (κ1) is 17.7. The molecule has 0 bridgehead atoms. The number of guanidine groups is 1. The van der Waals surface area contributed by atoms with Gasteiger partial charge >= 0.3 is 0 Å². The van der Waals surface area contributed by atoms with Crippen LogP contribution in [0, 0.1) is 11.6 Å². The van der Waals surface area contributed by atoms with E-state index in [1.54, 1.807) is 7.05 Å². The van der Waals surface area contributed by atoms with Crippen LogP contribution in [0.3, 0.4) is 0 Å². The van der Waals surface area contributed by atoms with Gasteiger partial charge in [0.05, 0.1) is 0 Å². The SMILES string of the molecule is CCC(CNC(=NC)NCc1cc(F)ccc1F)N1CCCC1. The van der Waals surface area contributed by atoms with Crippen LogP contribution < -0.4 is 10.6 Å². The molecule has 0 spiro atoms. The molecule has 2 rings (SSSR count). The van der Waals surface area contributed by atoms with E-state index in [4.69, 9.17) is 0 Å². The highest BCUT2D eigenvalue weighted by molar-refractivity contribution is 5.79. The molecule has 0 aliphatic carbocycles. The van der Waals surface area contributed by atoms with Crippen LogP contribution in [-0.2, 0) is 6.54 Å². The zero-order valence-corrected chi connectivity index (χ0v) is 13.9. The molecule has 0 amide bonds. The third-order valence-electron chi connectivity index (χ3n) is 4.31. The second kappa shape index (κ2) is 8.82. The fourth-order valence-electron chi connectivity index (χ4n) is 2.93. The predicted octanol–water partition coefficient (Wildman–Crippen LogP) is 2.50. The summed E-state index contributed by atoms with van der Waals surface area (Å²) in [6, 6.07) is 3.94. The monoisotopic (exact) mass is 324 g/mol. The van der Waals surface area contributed by atoms with Gasteiger partial charge in [-0.05, 0) is 50.6 Å². The van der Waals surface area contributed by atoms with E-state index in [1.165, 1.54) is 18.9 Å². The summed E-state index contributed by atoms with van der Waals surface area (Å²) in [5.74, 6) is -0.254. The van der Waals surface area contributed by atoms with E-state index in [0.29, 0.717) is 17.6 Å². The molecule has 0 radical (unpaired) electrons. The summed E-state index contributed by atoms with van der Waals surface area (Å²) in [4.78, 5) is 6.64. The topological polar surface area (TPSA) is 39.7 Å². The lowest BCUT2D eigenvalue weighted by Crippen LogP contribution is -2.46. The summed E-state index contributed by atoms with van der Waals surface area (Å²) in [5, 5.41) is 6.32. The maximum absolute atomic E-state index is 13.6. The second-order valence-corrected chi connectivity index (χ2v) is 5.85. The largest absolute Gasteiger partial charge is 0.355 e. The Morgan fingerprint density at radius 2 is 2.00 bits per heavy atom. The van der Waals surface area contributed by atoms with Crippen molar-refractivity contribution in [3.8, 4) is 0 Å². The van der Waals surface area contributed by atoms with Crippen LogP contribution in [0.25, 0.3) is 0 Å². The van der Waals surface area contributed by atoms with E-state index < -0.39 is 11.6 Å². The van der Waals surface area contributed by atoms with Gasteiger partial charge in [-0.3, -0.25) is 9.89 Å². The van der Waals surface area contributed by atoms with Crippen molar-refractivity contribution in [2.75, 3.05) is 26.7 Å². The van der Waals surface area contributed by atoms with Crippen LogP contribution >= 0.6 is 0 Å². The molecule has 1 fully saturated rings. The molecule has 1 aromatic carbocycles. The predicted molar refractivity (Wildman–Crippen MR) is 89.4 cm³/mol. The average molecular weight is 324 g/mol. The Balaban J connectivity index is 1.84. The van der Waals surface area contributed by atoms with Crippen molar-refractivity contribution in [1.29, 1.82) is 0 Å². The molecule has 1 unspecified atom stereocenters. The molecular formula is C17H26F2N4. The minimum absolute atomic E-state index is 0.198. The average Bonchev–Trinajstić information content (AvgIpc) is 3.08. The molecule has 128 valence electrons. The summed E-state index contributed by atoms with van der Waals surface area (Å²) in [5.41, 5.74) is 0.291. The van der Waals surface area contributed by atoms with Crippen molar-refractivity contribution in [3.63, 3.8) is 0 Å². The van der Waals surface area contributed by atoms with Crippen LogP contribution in [0.5, 0.6) is 0 Å². The zero-order valence-electron chi connectivity index (χ0n) is 13.9. The van der Waals surface area contributed by atoms with Crippen molar-refractivity contribution in [1.82, 2.24) is 15.5 Å². The van der Waals surface area contributed by atoms with Gasteiger partial charge in [0.2, 0.25) is 0 Å². The van der Waals surface area contributed by atoms with E-state index in [2.05, 4.69) is 27.4 Å². The highest BCUT2D eigenvalue weighted by atomic mass is 19.1. The van der Waals surface area contributed by atoms with Crippen LogP contribution in [-0.4, -0.2) is 43.6 Å². The minimum Gasteiger partial charge on any atom is -0.355 e. The fourth-order valence-corrected chi connectivity index (χ4v) is 2.93. The van der Waals surface area contributed by atoms with Gasteiger partial charge in [-0.25, -0.2) is 8.78 Å². The zero-order chi connectivity index (χ0) is 16.7. The summed E-state index contributed by atoms with van der Waals surface area (Å²) in [7, 11) is 1.67. The van der Waals surface area contributed by atoms with Gasteiger partial charge in [0.15, 0.2) is 5.96 Å². The summed E-state index contributed by atoms with van der Waals surface area (Å²) < 4.78 is 26.8. The van der Waals surface area contributed by atoms with E-state index in [9.17, 15) is 8.78 Å². The van der Waals surface area contributed by atoms with Gasteiger partial charge in [0.25, 0.3) is 0 Å². The lowest BCUT2D eigenvalue weighted by molar-refractivity contribution is 0.236. The Bertz CT molecular complexity index is 527. The number of halogens is 2. The number of likely N-dealkylation sites (tertiary alicyclic amines) is 1. The fraction of sp³-hybridized carbons (Fsp3) is 0.588. The number of hydrogen-bond acceptors (Lipinski definition) is 2. The lowest BCUT2D eigenvalue weighted by atomic mass is 10.2. The quantitative estimate of drug-likeness (QED) is 0.624.